The lowest BCUT2D eigenvalue weighted by molar-refractivity contribution is -0.128. The SMILES string of the molecule is COCCNC(=O)[C@@H](C)[C@H]1CCc2c(C)cc(OCc3cccnc3)c(C)c2[C@@H]1O. The van der Waals surface area contributed by atoms with E-state index in [1.807, 2.05) is 26.0 Å². The number of aliphatic hydroxyl groups is 1. The number of fused-ring (bicyclic) bond motifs is 1. The number of nitrogens with zero attached hydrogens (tertiary/aromatic N) is 1. The Morgan fingerprint density at radius 3 is 2.90 bits per heavy atom. The van der Waals surface area contributed by atoms with Crippen LogP contribution in [0.1, 0.15) is 47.3 Å². The van der Waals surface area contributed by atoms with Gasteiger partial charge < -0.3 is 19.9 Å². The molecule has 2 aromatic rings. The van der Waals surface area contributed by atoms with Gasteiger partial charge in [0.25, 0.3) is 0 Å². The molecule has 2 N–H and O–H groups in total. The fourth-order valence-corrected chi connectivity index (χ4v) is 4.33. The normalized spacial score (nSPS) is 19.1. The fraction of sp³-hybridized carbons (Fsp3) is 0.500. The molecule has 3 rings (SSSR count). The Morgan fingerprint density at radius 1 is 1.40 bits per heavy atom. The maximum Gasteiger partial charge on any atom is 0.223 e. The van der Waals surface area contributed by atoms with Crippen molar-refractivity contribution < 1.29 is 19.4 Å². The average molecular weight is 413 g/mol. The number of aryl methyl sites for hydroxylation is 1. The first-order chi connectivity index (χ1) is 14.4. The van der Waals surface area contributed by atoms with Crippen molar-refractivity contribution in [3.8, 4) is 5.75 Å². The highest BCUT2D eigenvalue weighted by molar-refractivity contribution is 5.78. The van der Waals surface area contributed by atoms with Crippen molar-refractivity contribution in [1.82, 2.24) is 10.3 Å². The number of nitrogens with one attached hydrogen (secondary N) is 1. The summed E-state index contributed by atoms with van der Waals surface area (Å²) in [6, 6.07) is 5.91. The van der Waals surface area contributed by atoms with E-state index < -0.39 is 6.10 Å². The average Bonchev–Trinajstić information content (AvgIpc) is 2.75. The molecule has 1 heterocycles. The lowest BCUT2D eigenvalue weighted by atomic mass is 9.72. The molecule has 1 aliphatic rings. The van der Waals surface area contributed by atoms with E-state index in [0.717, 1.165) is 40.8 Å². The number of amides is 1. The molecular weight excluding hydrogens is 380 g/mol. The second-order valence-corrected chi connectivity index (χ2v) is 8.08. The summed E-state index contributed by atoms with van der Waals surface area (Å²) < 4.78 is 11.1. The van der Waals surface area contributed by atoms with Crippen LogP contribution in [-0.4, -0.2) is 36.3 Å². The summed E-state index contributed by atoms with van der Waals surface area (Å²) in [4.78, 5) is 16.7. The van der Waals surface area contributed by atoms with Gasteiger partial charge in [-0.3, -0.25) is 9.78 Å². The van der Waals surface area contributed by atoms with Crippen molar-refractivity contribution >= 4 is 5.91 Å². The molecule has 0 radical (unpaired) electrons. The molecule has 1 aromatic carbocycles. The van der Waals surface area contributed by atoms with Gasteiger partial charge in [-0.15, -0.1) is 0 Å². The van der Waals surface area contributed by atoms with Crippen LogP contribution in [-0.2, 0) is 22.6 Å². The van der Waals surface area contributed by atoms with Crippen LogP contribution in [0.2, 0.25) is 0 Å². The van der Waals surface area contributed by atoms with E-state index in [2.05, 4.69) is 23.3 Å². The number of aromatic nitrogens is 1. The predicted molar refractivity (Wildman–Crippen MR) is 115 cm³/mol. The first-order valence-corrected chi connectivity index (χ1v) is 10.5. The van der Waals surface area contributed by atoms with Crippen LogP contribution in [0.4, 0.5) is 0 Å². The zero-order chi connectivity index (χ0) is 21.7. The van der Waals surface area contributed by atoms with E-state index >= 15 is 0 Å². The Morgan fingerprint density at radius 2 is 2.20 bits per heavy atom. The Bertz CT molecular complexity index is 869. The van der Waals surface area contributed by atoms with E-state index in [4.69, 9.17) is 9.47 Å². The van der Waals surface area contributed by atoms with Gasteiger partial charge in [-0.1, -0.05) is 13.0 Å². The number of pyridine rings is 1. The highest BCUT2D eigenvalue weighted by Gasteiger charge is 2.37. The summed E-state index contributed by atoms with van der Waals surface area (Å²) in [6.45, 7) is 7.32. The van der Waals surface area contributed by atoms with Crippen LogP contribution in [0.5, 0.6) is 5.75 Å². The Balaban J connectivity index is 1.80. The van der Waals surface area contributed by atoms with Crippen molar-refractivity contribution in [2.24, 2.45) is 11.8 Å². The number of carbonyl (C=O) groups excluding carboxylic acids is 1. The zero-order valence-electron chi connectivity index (χ0n) is 18.3. The van der Waals surface area contributed by atoms with Crippen molar-refractivity contribution in [2.75, 3.05) is 20.3 Å². The number of carbonyl (C=O) groups is 1. The summed E-state index contributed by atoms with van der Waals surface area (Å²) in [5.74, 6) is 0.307. The smallest absolute Gasteiger partial charge is 0.223 e. The van der Waals surface area contributed by atoms with Gasteiger partial charge in [0.15, 0.2) is 0 Å². The predicted octanol–water partition coefficient (Wildman–Crippen LogP) is 3.27. The summed E-state index contributed by atoms with van der Waals surface area (Å²) in [5, 5.41) is 14.2. The molecule has 0 unspecified atom stereocenters. The molecule has 6 heteroatoms. The molecule has 1 aromatic heterocycles. The molecule has 0 saturated heterocycles. The third-order valence-corrected chi connectivity index (χ3v) is 6.13. The molecule has 0 saturated carbocycles. The second kappa shape index (κ2) is 10.0. The van der Waals surface area contributed by atoms with Crippen molar-refractivity contribution in [1.29, 1.82) is 0 Å². The summed E-state index contributed by atoms with van der Waals surface area (Å²) >= 11 is 0. The van der Waals surface area contributed by atoms with Crippen LogP contribution in [0.15, 0.2) is 30.6 Å². The van der Waals surface area contributed by atoms with Gasteiger partial charge >= 0.3 is 0 Å². The maximum atomic E-state index is 12.5. The first-order valence-electron chi connectivity index (χ1n) is 10.5. The lowest BCUT2D eigenvalue weighted by Crippen LogP contribution is -2.38. The molecule has 1 amide bonds. The van der Waals surface area contributed by atoms with Crippen LogP contribution in [0.3, 0.4) is 0 Å². The van der Waals surface area contributed by atoms with Gasteiger partial charge in [0.2, 0.25) is 5.91 Å². The van der Waals surface area contributed by atoms with Crippen LogP contribution in [0, 0.1) is 25.7 Å². The number of rotatable bonds is 8. The number of methoxy groups -OCH3 is 1. The minimum absolute atomic E-state index is 0.0436. The molecular formula is C24H32N2O4. The topological polar surface area (TPSA) is 80.7 Å². The van der Waals surface area contributed by atoms with Gasteiger partial charge in [-0.05, 0) is 61.1 Å². The van der Waals surface area contributed by atoms with Crippen LogP contribution >= 0.6 is 0 Å². The van der Waals surface area contributed by atoms with Gasteiger partial charge in [-0.2, -0.15) is 0 Å². The quantitative estimate of drug-likeness (QED) is 0.651. The van der Waals surface area contributed by atoms with Gasteiger partial charge in [0.05, 0.1) is 12.7 Å². The molecule has 162 valence electrons. The van der Waals surface area contributed by atoms with Gasteiger partial charge in [0, 0.05) is 43.4 Å². The third kappa shape index (κ3) is 4.82. The van der Waals surface area contributed by atoms with Gasteiger partial charge in [-0.25, -0.2) is 0 Å². The molecule has 6 nitrogen and oxygen atoms in total. The molecule has 0 bridgehead atoms. The fourth-order valence-electron chi connectivity index (χ4n) is 4.33. The van der Waals surface area contributed by atoms with Gasteiger partial charge in [0.1, 0.15) is 12.4 Å². The number of hydrogen-bond acceptors (Lipinski definition) is 5. The number of benzene rings is 1. The van der Waals surface area contributed by atoms with E-state index in [-0.39, 0.29) is 17.7 Å². The van der Waals surface area contributed by atoms with Crippen LogP contribution < -0.4 is 10.1 Å². The highest BCUT2D eigenvalue weighted by Crippen LogP contribution is 2.44. The minimum atomic E-state index is -0.697. The molecule has 0 fully saturated rings. The van der Waals surface area contributed by atoms with Crippen molar-refractivity contribution in [3.63, 3.8) is 0 Å². The molecule has 3 atom stereocenters. The van der Waals surface area contributed by atoms with Crippen molar-refractivity contribution in [3.05, 3.63) is 58.4 Å². The van der Waals surface area contributed by atoms with E-state index in [0.29, 0.717) is 19.8 Å². The molecule has 1 aliphatic carbocycles. The first kappa shape index (κ1) is 22.2. The van der Waals surface area contributed by atoms with Crippen molar-refractivity contribution in [2.45, 2.75) is 46.3 Å². The largest absolute Gasteiger partial charge is 0.489 e. The standard InChI is InChI=1S/C24H32N2O4/c1-15-12-21(30-14-18-6-5-9-25-13-18)17(3)22-19(15)7-8-20(23(22)27)16(2)24(28)26-10-11-29-4/h5-6,9,12-13,16,20,23,27H,7-8,10-11,14H2,1-4H3,(H,26,28)/t16-,20+,23+/m0/s1. The molecule has 30 heavy (non-hydrogen) atoms. The summed E-state index contributed by atoms with van der Waals surface area (Å²) in [5.41, 5.74) is 5.16. The third-order valence-electron chi connectivity index (χ3n) is 6.13. The monoisotopic (exact) mass is 412 g/mol. The molecule has 0 spiro atoms. The second-order valence-electron chi connectivity index (χ2n) is 8.08. The highest BCUT2D eigenvalue weighted by atomic mass is 16.5. The lowest BCUT2D eigenvalue weighted by Gasteiger charge is -2.36. The molecule has 0 aliphatic heterocycles. The Hall–Kier alpha value is -2.44. The Kier molecular flexibility index (Phi) is 7.45. The number of hydrogen-bond donors (Lipinski definition) is 2. The van der Waals surface area contributed by atoms with E-state index in [9.17, 15) is 9.90 Å². The van der Waals surface area contributed by atoms with E-state index in [1.54, 1.807) is 19.5 Å². The van der Waals surface area contributed by atoms with Crippen LogP contribution in [0.25, 0.3) is 0 Å². The zero-order valence-corrected chi connectivity index (χ0v) is 18.3. The number of ether oxygens (including phenoxy) is 2. The summed E-state index contributed by atoms with van der Waals surface area (Å²) in [7, 11) is 1.61. The number of aliphatic hydroxyl groups excluding tert-OH is 1. The Labute approximate surface area is 178 Å². The summed E-state index contributed by atoms with van der Waals surface area (Å²) in [6.07, 6.45) is 4.46. The minimum Gasteiger partial charge on any atom is -0.489 e. The van der Waals surface area contributed by atoms with E-state index in [1.165, 1.54) is 5.56 Å². The maximum absolute atomic E-state index is 12.5.